The Hall–Kier alpha value is -3.76. The van der Waals surface area contributed by atoms with Crippen LogP contribution in [0.15, 0.2) is 58.3 Å². The zero-order valence-corrected chi connectivity index (χ0v) is 25.9. The van der Waals surface area contributed by atoms with Crippen LogP contribution in [0.3, 0.4) is 0 Å². The normalized spacial score (nSPS) is 16.7. The first-order chi connectivity index (χ1) is 19.9. The molecule has 0 spiro atoms. The summed E-state index contributed by atoms with van der Waals surface area (Å²) in [5.41, 5.74) is 1.07. The monoisotopic (exact) mass is 607 g/mol. The third-order valence-corrected chi connectivity index (χ3v) is 8.18. The van der Waals surface area contributed by atoms with Crippen molar-refractivity contribution in [3.8, 4) is 11.5 Å². The van der Waals surface area contributed by atoms with E-state index < -0.39 is 17.2 Å². The second-order valence-electron chi connectivity index (χ2n) is 11.7. The molecule has 2 atom stereocenters. The van der Waals surface area contributed by atoms with E-state index in [0.717, 1.165) is 29.1 Å². The molecule has 0 unspecified atom stereocenters. The van der Waals surface area contributed by atoms with Crippen LogP contribution < -0.4 is 5.32 Å². The fourth-order valence-corrected chi connectivity index (χ4v) is 6.24. The minimum Gasteiger partial charge on any atom is -0.444 e. The standard InChI is InChI=1S/C31H34ClN5O4S/c1-19-18-42-26(33-19)24-12-9-13-37(24)27(38)22-14-21(15-23(32)16-22)25-35-36-28(40-25)31(5,17-20-10-7-6-8-11-20)34-29(39)41-30(2,3)4/h6-8,10-11,14-16,18,24H,9,12-13,17H2,1-5H3,(H,34,39)/t24-,31-/m1/s1. The average molecular weight is 608 g/mol. The number of benzene rings is 2. The highest BCUT2D eigenvalue weighted by atomic mass is 35.5. The summed E-state index contributed by atoms with van der Waals surface area (Å²) in [7, 11) is 0. The second-order valence-corrected chi connectivity index (χ2v) is 13.1. The Morgan fingerprint density at radius 3 is 2.60 bits per heavy atom. The minimum atomic E-state index is -1.08. The summed E-state index contributed by atoms with van der Waals surface area (Å²) in [6.45, 7) is 9.80. The Morgan fingerprint density at radius 1 is 1.14 bits per heavy atom. The zero-order valence-electron chi connectivity index (χ0n) is 24.3. The third-order valence-electron chi connectivity index (χ3n) is 6.90. The van der Waals surface area contributed by atoms with E-state index in [2.05, 4.69) is 20.5 Å². The van der Waals surface area contributed by atoms with Gasteiger partial charge in [0.15, 0.2) is 0 Å². The van der Waals surface area contributed by atoms with E-state index in [9.17, 15) is 9.59 Å². The first kappa shape index (κ1) is 29.7. The molecule has 1 aliphatic heterocycles. The number of alkyl carbamates (subject to hydrolysis) is 1. The number of likely N-dealkylation sites (tertiary alicyclic amines) is 1. The van der Waals surface area contributed by atoms with Crippen LogP contribution in [-0.4, -0.2) is 44.2 Å². The van der Waals surface area contributed by atoms with Gasteiger partial charge < -0.3 is 19.4 Å². The van der Waals surface area contributed by atoms with Gasteiger partial charge in [-0.3, -0.25) is 4.79 Å². The number of carbonyl (C=O) groups excluding carboxylic acids is 2. The number of aryl methyl sites for hydroxylation is 1. The first-order valence-corrected chi connectivity index (χ1v) is 15.1. The molecule has 1 N–H and O–H groups in total. The van der Waals surface area contributed by atoms with Crippen LogP contribution in [0.5, 0.6) is 0 Å². The number of ether oxygens (including phenoxy) is 1. The molecule has 5 rings (SSSR count). The Labute approximate surface area is 254 Å². The van der Waals surface area contributed by atoms with Gasteiger partial charge in [0.25, 0.3) is 5.91 Å². The fourth-order valence-electron chi connectivity index (χ4n) is 5.06. The summed E-state index contributed by atoms with van der Waals surface area (Å²) in [6.07, 6.45) is 1.54. The van der Waals surface area contributed by atoms with Crippen molar-refractivity contribution < 1.29 is 18.7 Å². The van der Waals surface area contributed by atoms with Crippen molar-refractivity contribution in [1.82, 2.24) is 25.4 Å². The Kier molecular flexibility index (Phi) is 8.39. The highest BCUT2D eigenvalue weighted by Crippen LogP contribution is 2.36. The molecule has 0 bridgehead atoms. The van der Waals surface area contributed by atoms with E-state index in [0.29, 0.717) is 29.1 Å². The quantitative estimate of drug-likeness (QED) is 0.238. The zero-order chi connectivity index (χ0) is 30.1. The van der Waals surface area contributed by atoms with E-state index in [-0.39, 0.29) is 23.7 Å². The summed E-state index contributed by atoms with van der Waals surface area (Å²) in [5.74, 6) is 0.244. The van der Waals surface area contributed by atoms with Crippen LogP contribution in [0, 0.1) is 6.92 Å². The second kappa shape index (κ2) is 11.9. The largest absolute Gasteiger partial charge is 0.444 e. The van der Waals surface area contributed by atoms with Gasteiger partial charge in [0.2, 0.25) is 11.8 Å². The number of hydrogen-bond acceptors (Lipinski definition) is 8. The summed E-state index contributed by atoms with van der Waals surface area (Å²) < 4.78 is 11.7. The number of nitrogens with one attached hydrogen (secondary N) is 1. The smallest absolute Gasteiger partial charge is 0.408 e. The maximum absolute atomic E-state index is 13.7. The number of amides is 2. The van der Waals surface area contributed by atoms with E-state index in [1.807, 2.05) is 54.5 Å². The molecule has 2 amide bonds. The molecule has 9 nitrogen and oxygen atoms in total. The topological polar surface area (TPSA) is 110 Å². The number of rotatable bonds is 7. The maximum atomic E-state index is 13.7. The molecule has 4 aromatic rings. The molecular weight excluding hydrogens is 574 g/mol. The van der Waals surface area contributed by atoms with Gasteiger partial charge in [-0.1, -0.05) is 41.9 Å². The predicted octanol–water partition coefficient (Wildman–Crippen LogP) is 7.11. The fraction of sp³-hybridized carbons (Fsp3) is 0.387. The van der Waals surface area contributed by atoms with E-state index in [1.54, 1.807) is 50.3 Å². The van der Waals surface area contributed by atoms with Gasteiger partial charge in [-0.25, -0.2) is 9.78 Å². The first-order valence-electron chi connectivity index (χ1n) is 13.8. The molecule has 1 saturated heterocycles. The van der Waals surface area contributed by atoms with E-state index >= 15 is 0 Å². The highest BCUT2D eigenvalue weighted by Gasteiger charge is 2.37. The molecule has 0 saturated carbocycles. The summed E-state index contributed by atoms with van der Waals surface area (Å²) in [4.78, 5) is 33.0. The molecule has 0 radical (unpaired) electrons. The maximum Gasteiger partial charge on any atom is 0.408 e. The highest BCUT2D eigenvalue weighted by molar-refractivity contribution is 7.09. The van der Waals surface area contributed by atoms with Crippen molar-refractivity contribution >= 4 is 34.9 Å². The van der Waals surface area contributed by atoms with Crippen molar-refractivity contribution in [3.63, 3.8) is 0 Å². The van der Waals surface area contributed by atoms with E-state index in [1.165, 1.54) is 0 Å². The number of carbonyl (C=O) groups is 2. The van der Waals surface area contributed by atoms with E-state index in [4.69, 9.17) is 20.8 Å². The van der Waals surface area contributed by atoms with Gasteiger partial charge in [0.1, 0.15) is 16.1 Å². The molecule has 2 aromatic heterocycles. The lowest BCUT2D eigenvalue weighted by molar-refractivity contribution is 0.0443. The lowest BCUT2D eigenvalue weighted by atomic mass is 9.92. The van der Waals surface area contributed by atoms with Crippen molar-refractivity contribution in [2.75, 3.05) is 6.54 Å². The van der Waals surface area contributed by atoms with Crippen LogP contribution in [0.1, 0.15) is 79.1 Å². The summed E-state index contributed by atoms with van der Waals surface area (Å²) >= 11 is 8.07. The van der Waals surface area contributed by atoms with Gasteiger partial charge >= 0.3 is 6.09 Å². The van der Waals surface area contributed by atoms with Crippen molar-refractivity contribution in [3.05, 3.63) is 86.7 Å². The SMILES string of the molecule is Cc1csc([C@H]2CCCN2C(=O)c2cc(Cl)cc(-c3nnc([C@@](C)(Cc4ccccc4)NC(=O)OC(C)(C)C)o3)c2)n1. The molecule has 1 fully saturated rings. The minimum absolute atomic E-state index is 0.0636. The van der Waals surface area contributed by atoms with Crippen molar-refractivity contribution in [2.24, 2.45) is 0 Å². The summed E-state index contributed by atoms with van der Waals surface area (Å²) in [5, 5.41) is 14.8. The Morgan fingerprint density at radius 2 is 1.90 bits per heavy atom. The van der Waals surface area contributed by atoms with Gasteiger partial charge in [0.05, 0.1) is 6.04 Å². The van der Waals surface area contributed by atoms with Crippen molar-refractivity contribution in [2.45, 2.75) is 71.1 Å². The lowest BCUT2D eigenvalue weighted by Crippen LogP contribution is -2.47. The Bertz CT molecular complexity index is 1580. The molecule has 1 aliphatic rings. The molecular formula is C31H34ClN5O4S. The molecule has 3 heterocycles. The van der Waals surface area contributed by atoms with Crippen LogP contribution in [-0.2, 0) is 16.7 Å². The molecule has 11 heteroatoms. The number of aromatic nitrogens is 3. The number of nitrogens with zero attached hydrogens (tertiary/aromatic N) is 4. The lowest BCUT2D eigenvalue weighted by Gasteiger charge is -2.29. The Balaban J connectivity index is 1.44. The summed E-state index contributed by atoms with van der Waals surface area (Å²) in [6, 6.07) is 14.7. The molecule has 2 aromatic carbocycles. The van der Waals surface area contributed by atoms with Gasteiger partial charge in [-0.15, -0.1) is 21.5 Å². The van der Waals surface area contributed by atoms with Crippen LogP contribution >= 0.6 is 22.9 Å². The average Bonchev–Trinajstić information content (AvgIpc) is 3.68. The number of hydrogen-bond donors (Lipinski definition) is 1. The van der Waals surface area contributed by atoms with Crippen LogP contribution in [0.4, 0.5) is 4.79 Å². The number of halogens is 1. The third kappa shape index (κ3) is 6.82. The van der Waals surface area contributed by atoms with Crippen LogP contribution in [0.2, 0.25) is 5.02 Å². The van der Waals surface area contributed by atoms with Crippen molar-refractivity contribution in [1.29, 1.82) is 0 Å². The molecule has 220 valence electrons. The van der Waals surface area contributed by atoms with Crippen LogP contribution in [0.25, 0.3) is 11.5 Å². The molecule has 42 heavy (non-hydrogen) atoms. The van der Waals surface area contributed by atoms with Gasteiger partial charge in [-0.05, 0) is 71.2 Å². The van der Waals surface area contributed by atoms with Gasteiger partial charge in [0, 0.05) is 40.2 Å². The van der Waals surface area contributed by atoms with Gasteiger partial charge in [-0.2, -0.15) is 0 Å². The predicted molar refractivity (Wildman–Crippen MR) is 161 cm³/mol. The molecule has 0 aliphatic carbocycles. The number of thiazole rings is 1.